The van der Waals surface area contributed by atoms with Crippen molar-refractivity contribution in [3.05, 3.63) is 29.3 Å². The number of benzene rings is 1. The van der Waals surface area contributed by atoms with E-state index in [9.17, 15) is 0 Å². The molecule has 1 aromatic rings. The number of likely N-dealkylation sites (N-methyl/N-ethyl adjacent to an activating group) is 1. The minimum atomic E-state index is 0.178. The van der Waals surface area contributed by atoms with Crippen LogP contribution in [-0.4, -0.2) is 40.0 Å². The Balaban J connectivity index is 2.22. The number of hydrogen-bond acceptors (Lipinski definition) is 4. The molecule has 4 nitrogen and oxygen atoms in total. The SMILES string of the molecule is CCc1cc(C(NC)C2CNCCO2)ccc1OC. The summed E-state index contributed by atoms with van der Waals surface area (Å²) in [5.74, 6) is 0.962. The summed E-state index contributed by atoms with van der Waals surface area (Å²) in [6, 6.07) is 6.60. The summed E-state index contributed by atoms with van der Waals surface area (Å²) in [5, 5.41) is 6.75. The molecule has 2 atom stereocenters. The van der Waals surface area contributed by atoms with Gasteiger partial charge in [0.2, 0.25) is 0 Å². The molecule has 1 heterocycles. The van der Waals surface area contributed by atoms with Gasteiger partial charge in [-0.2, -0.15) is 0 Å². The fraction of sp³-hybridized carbons (Fsp3) is 0.600. The number of aryl methyl sites for hydroxylation is 1. The molecule has 1 aliphatic rings. The van der Waals surface area contributed by atoms with Gasteiger partial charge in [0, 0.05) is 13.1 Å². The molecule has 0 amide bonds. The monoisotopic (exact) mass is 264 g/mol. The van der Waals surface area contributed by atoms with Gasteiger partial charge in [-0.25, -0.2) is 0 Å². The largest absolute Gasteiger partial charge is 0.496 e. The predicted octanol–water partition coefficient (Wildman–Crippen LogP) is 1.51. The molecule has 0 aromatic heterocycles. The van der Waals surface area contributed by atoms with Gasteiger partial charge in [-0.05, 0) is 30.7 Å². The standard InChI is InChI=1S/C15H24N2O2/c1-4-11-9-12(5-6-13(11)18-3)15(16-2)14-10-17-7-8-19-14/h5-6,9,14-17H,4,7-8,10H2,1-3H3. The van der Waals surface area contributed by atoms with E-state index < -0.39 is 0 Å². The Bertz CT molecular complexity index is 403. The molecule has 0 aliphatic carbocycles. The molecule has 2 rings (SSSR count). The number of nitrogens with one attached hydrogen (secondary N) is 2. The van der Waals surface area contributed by atoms with E-state index in [-0.39, 0.29) is 12.1 Å². The van der Waals surface area contributed by atoms with Crippen LogP contribution in [0.5, 0.6) is 5.75 Å². The first-order valence-corrected chi connectivity index (χ1v) is 6.96. The van der Waals surface area contributed by atoms with E-state index in [4.69, 9.17) is 9.47 Å². The predicted molar refractivity (Wildman–Crippen MR) is 76.8 cm³/mol. The number of rotatable bonds is 5. The second kappa shape index (κ2) is 6.89. The van der Waals surface area contributed by atoms with Crippen LogP contribution in [0.15, 0.2) is 18.2 Å². The van der Waals surface area contributed by atoms with Crippen molar-refractivity contribution in [2.75, 3.05) is 33.9 Å². The Morgan fingerprint density at radius 1 is 1.53 bits per heavy atom. The Labute approximate surface area is 115 Å². The van der Waals surface area contributed by atoms with Crippen molar-refractivity contribution in [2.24, 2.45) is 0 Å². The van der Waals surface area contributed by atoms with Crippen LogP contribution in [-0.2, 0) is 11.2 Å². The highest BCUT2D eigenvalue weighted by Crippen LogP contribution is 2.26. The molecule has 1 saturated heterocycles. The summed E-state index contributed by atoms with van der Waals surface area (Å²) in [4.78, 5) is 0. The first-order chi connectivity index (χ1) is 9.30. The quantitative estimate of drug-likeness (QED) is 0.846. The van der Waals surface area contributed by atoms with Gasteiger partial charge in [0.15, 0.2) is 0 Å². The van der Waals surface area contributed by atoms with Crippen molar-refractivity contribution in [3.63, 3.8) is 0 Å². The van der Waals surface area contributed by atoms with E-state index in [1.165, 1.54) is 11.1 Å². The Morgan fingerprint density at radius 2 is 2.37 bits per heavy atom. The maximum Gasteiger partial charge on any atom is 0.122 e. The molecule has 1 aromatic carbocycles. The second-order valence-electron chi connectivity index (χ2n) is 4.80. The molecule has 0 radical (unpaired) electrons. The summed E-state index contributed by atoms with van der Waals surface area (Å²) in [6.45, 7) is 4.75. The van der Waals surface area contributed by atoms with Gasteiger partial charge in [-0.3, -0.25) is 0 Å². The van der Waals surface area contributed by atoms with Gasteiger partial charge in [-0.15, -0.1) is 0 Å². The highest BCUT2D eigenvalue weighted by Gasteiger charge is 2.25. The third-order valence-corrected chi connectivity index (χ3v) is 3.68. The van der Waals surface area contributed by atoms with Crippen molar-refractivity contribution in [2.45, 2.75) is 25.5 Å². The zero-order valence-electron chi connectivity index (χ0n) is 12.0. The Morgan fingerprint density at radius 3 is 2.95 bits per heavy atom. The second-order valence-corrected chi connectivity index (χ2v) is 4.80. The lowest BCUT2D eigenvalue weighted by Crippen LogP contribution is -2.45. The molecule has 1 fully saturated rings. The molecular weight excluding hydrogens is 240 g/mol. The molecule has 4 heteroatoms. The van der Waals surface area contributed by atoms with Crippen LogP contribution < -0.4 is 15.4 Å². The molecule has 19 heavy (non-hydrogen) atoms. The van der Waals surface area contributed by atoms with Gasteiger partial charge in [0.1, 0.15) is 5.75 Å². The average Bonchev–Trinajstić information content (AvgIpc) is 2.49. The third-order valence-electron chi connectivity index (χ3n) is 3.68. The van der Waals surface area contributed by atoms with Crippen LogP contribution in [0.2, 0.25) is 0 Å². The lowest BCUT2D eigenvalue weighted by molar-refractivity contribution is 0.00535. The molecular formula is C15H24N2O2. The Hall–Kier alpha value is -1.10. The average molecular weight is 264 g/mol. The van der Waals surface area contributed by atoms with E-state index in [2.05, 4.69) is 35.8 Å². The van der Waals surface area contributed by atoms with Crippen molar-refractivity contribution >= 4 is 0 Å². The first-order valence-electron chi connectivity index (χ1n) is 6.96. The summed E-state index contributed by atoms with van der Waals surface area (Å²) < 4.78 is 11.2. The minimum absolute atomic E-state index is 0.178. The molecule has 0 bridgehead atoms. The maximum absolute atomic E-state index is 5.86. The van der Waals surface area contributed by atoms with Crippen molar-refractivity contribution in [1.82, 2.24) is 10.6 Å². The van der Waals surface area contributed by atoms with Gasteiger partial charge < -0.3 is 20.1 Å². The lowest BCUT2D eigenvalue weighted by Gasteiger charge is -2.31. The van der Waals surface area contributed by atoms with Crippen LogP contribution in [0.4, 0.5) is 0 Å². The molecule has 106 valence electrons. The van der Waals surface area contributed by atoms with E-state index in [0.717, 1.165) is 31.9 Å². The summed E-state index contributed by atoms with van der Waals surface area (Å²) in [5.41, 5.74) is 2.50. The maximum atomic E-state index is 5.86. The third kappa shape index (κ3) is 3.26. The van der Waals surface area contributed by atoms with Crippen molar-refractivity contribution < 1.29 is 9.47 Å². The zero-order valence-corrected chi connectivity index (χ0v) is 12.0. The van der Waals surface area contributed by atoms with Crippen LogP contribution in [0.25, 0.3) is 0 Å². The highest BCUT2D eigenvalue weighted by atomic mass is 16.5. The summed E-state index contributed by atoms with van der Waals surface area (Å²) in [6.07, 6.45) is 1.15. The van der Waals surface area contributed by atoms with E-state index in [1.54, 1.807) is 7.11 Å². The number of methoxy groups -OCH3 is 1. The molecule has 1 aliphatic heterocycles. The molecule has 0 saturated carbocycles. The number of morpholine rings is 1. The van der Waals surface area contributed by atoms with Crippen LogP contribution in [0.3, 0.4) is 0 Å². The van der Waals surface area contributed by atoms with Gasteiger partial charge >= 0.3 is 0 Å². The van der Waals surface area contributed by atoms with Gasteiger partial charge in [-0.1, -0.05) is 19.1 Å². The number of ether oxygens (including phenoxy) is 2. The Kier molecular flexibility index (Phi) is 5.19. The highest BCUT2D eigenvalue weighted by molar-refractivity contribution is 5.38. The van der Waals surface area contributed by atoms with Crippen molar-refractivity contribution in [1.29, 1.82) is 0 Å². The van der Waals surface area contributed by atoms with E-state index in [0.29, 0.717) is 0 Å². The topological polar surface area (TPSA) is 42.5 Å². The molecule has 2 unspecified atom stereocenters. The lowest BCUT2D eigenvalue weighted by atomic mass is 9.97. The van der Waals surface area contributed by atoms with Crippen LogP contribution in [0, 0.1) is 0 Å². The number of hydrogen-bond donors (Lipinski definition) is 2. The van der Waals surface area contributed by atoms with Crippen LogP contribution in [0.1, 0.15) is 24.1 Å². The minimum Gasteiger partial charge on any atom is -0.496 e. The first kappa shape index (κ1) is 14.3. The smallest absolute Gasteiger partial charge is 0.122 e. The normalized spacial score (nSPS) is 21.1. The van der Waals surface area contributed by atoms with Crippen molar-refractivity contribution in [3.8, 4) is 5.75 Å². The fourth-order valence-electron chi connectivity index (χ4n) is 2.64. The molecule has 2 N–H and O–H groups in total. The molecule has 0 spiro atoms. The fourth-order valence-corrected chi connectivity index (χ4v) is 2.64. The van der Waals surface area contributed by atoms with E-state index >= 15 is 0 Å². The zero-order chi connectivity index (χ0) is 13.7. The van der Waals surface area contributed by atoms with Gasteiger partial charge in [0.25, 0.3) is 0 Å². The van der Waals surface area contributed by atoms with Crippen LogP contribution >= 0.6 is 0 Å². The van der Waals surface area contributed by atoms with Gasteiger partial charge in [0.05, 0.1) is 25.9 Å². The summed E-state index contributed by atoms with van der Waals surface area (Å²) in [7, 11) is 3.70. The van der Waals surface area contributed by atoms with E-state index in [1.807, 2.05) is 7.05 Å². The summed E-state index contributed by atoms with van der Waals surface area (Å²) >= 11 is 0.